The van der Waals surface area contributed by atoms with Crippen LogP contribution in [0.15, 0.2) is 95.4 Å². The molecule has 0 radical (unpaired) electrons. The Bertz CT molecular complexity index is 1440. The van der Waals surface area contributed by atoms with Gasteiger partial charge in [0.1, 0.15) is 29.4 Å². The molecule has 1 heterocycles. The van der Waals surface area contributed by atoms with E-state index in [1.165, 1.54) is 0 Å². The van der Waals surface area contributed by atoms with Crippen molar-refractivity contribution in [3.8, 4) is 0 Å². The fourth-order valence-electron chi connectivity index (χ4n) is 4.28. The minimum Gasteiger partial charge on any atom is -0.444 e. The minimum atomic E-state index is -3.39. The van der Waals surface area contributed by atoms with Gasteiger partial charge >= 0.3 is 6.09 Å². The molecular formula is C31H34N3O5P. The van der Waals surface area contributed by atoms with Crippen LogP contribution >= 0.6 is 7.14 Å². The molecule has 208 valence electrons. The van der Waals surface area contributed by atoms with E-state index in [0.717, 1.165) is 5.56 Å². The van der Waals surface area contributed by atoms with Gasteiger partial charge in [-0.1, -0.05) is 91.0 Å². The molecule has 8 nitrogen and oxygen atoms in total. The molecule has 9 heteroatoms. The van der Waals surface area contributed by atoms with Crippen molar-refractivity contribution in [2.75, 3.05) is 6.54 Å². The second-order valence-electron chi connectivity index (χ2n) is 10.4. The number of carbonyl (C=O) groups excluding carboxylic acids is 2. The lowest BCUT2D eigenvalue weighted by Gasteiger charge is -2.20. The molecule has 2 amide bonds. The van der Waals surface area contributed by atoms with Crippen molar-refractivity contribution in [1.29, 1.82) is 0 Å². The number of nitrogens with one attached hydrogen (secondary N) is 2. The van der Waals surface area contributed by atoms with Gasteiger partial charge in [-0.2, -0.15) is 0 Å². The summed E-state index contributed by atoms with van der Waals surface area (Å²) < 4.78 is 26.2. The number of aryl methyl sites for hydroxylation is 1. The molecule has 3 aromatic carbocycles. The highest BCUT2D eigenvalue weighted by atomic mass is 31.2. The predicted octanol–water partition coefficient (Wildman–Crippen LogP) is 4.55. The highest BCUT2D eigenvalue weighted by Gasteiger charge is 2.36. The zero-order valence-electron chi connectivity index (χ0n) is 23.1. The summed E-state index contributed by atoms with van der Waals surface area (Å²) in [5.41, 5.74) is 0.590. The summed E-state index contributed by atoms with van der Waals surface area (Å²) in [6.45, 7) is 6.67. The molecule has 1 atom stereocenters. The molecule has 2 N–H and O–H groups in total. The maximum Gasteiger partial charge on any atom is 0.408 e. The topological polar surface area (TPSA) is 111 Å². The van der Waals surface area contributed by atoms with Gasteiger partial charge in [0.2, 0.25) is 11.8 Å². The maximum absolute atomic E-state index is 14.9. The van der Waals surface area contributed by atoms with Crippen LogP contribution in [0, 0.1) is 6.92 Å². The van der Waals surface area contributed by atoms with Gasteiger partial charge in [0.15, 0.2) is 7.14 Å². The number of benzene rings is 3. The number of ether oxygens (including phenoxy) is 1. The monoisotopic (exact) mass is 559 g/mol. The molecule has 0 bridgehead atoms. The van der Waals surface area contributed by atoms with Crippen molar-refractivity contribution in [2.24, 2.45) is 0 Å². The van der Waals surface area contributed by atoms with Gasteiger partial charge in [0, 0.05) is 17.0 Å². The molecule has 0 aliphatic carbocycles. The molecular weight excluding hydrogens is 525 g/mol. The van der Waals surface area contributed by atoms with E-state index in [1.54, 1.807) is 27.7 Å². The summed E-state index contributed by atoms with van der Waals surface area (Å²) in [7, 11) is -3.39. The second-order valence-corrected chi connectivity index (χ2v) is 13.1. The van der Waals surface area contributed by atoms with Gasteiger partial charge in [-0.15, -0.1) is 0 Å². The molecule has 40 heavy (non-hydrogen) atoms. The third kappa shape index (κ3) is 7.07. The smallest absolute Gasteiger partial charge is 0.408 e. The van der Waals surface area contributed by atoms with E-state index in [1.807, 2.05) is 91.0 Å². The molecule has 0 aliphatic rings. The first-order chi connectivity index (χ1) is 19.1. The summed E-state index contributed by atoms with van der Waals surface area (Å²) in [6.07, 6.45) is -0.317. The van der Waals surface area contributed by atoms with Crippen LogP contribution in [-0.2, 0) is 20.5 Å². The Hall–Kier alpha value is -4.16. The van der Waals surface area contributed by atoms with Crippen molar-refractivity contribution in [1.82, 2.24) is 15.6 Å². The summed E-state index contributed by atoms with van der Waals surface area (Å²) in [4.78, 5) is 29.7. The van der Waals surface area contributed by atoms with Crippen molar-refractivity contribution in [2.45, 2.75) is 45.8 Å². The predicted molar refractivity (Wildman–Crippen MR) is 156 cm³/mol. The Labute approximate surface area is 234 Å². The fourth-order valence-corrected chi connectivity index (χ4v) is 6.98. The number of nitrogens with zero attached hydrogens (tertiary/aromatic N) is 1. The van der Waals surface area contributed by atoms with E-state index in [-0.39, 0.29) is 12.4 Å². The first-order valence-corrected chi connectivity index (χ1v) is 14.8. The Morgan fingerprint density at radius 2 is 1.43 bits per heavy atom. The molecule has 0 saturated carbocycles. The first kappa shape index (κ1) is 28.8. The van der Waals surface area contributed by atoms with Gasteiger partial charge in [0.05, 0.1) is 0 Å². The molecule has 1 aromatic heterocycles. The van der Waals surface area contributed by atoms with Crippen molar-refractivity contribution < 1.29 is 23.3 Å². The van der Waals surface area contributed by atoms with Crippen LogP contribution in [0.4, 0.5) is 4.79 Å². The van der Waals surface area contributed by atoms with Crippen LogP contribution in [0.2, 0.25) is 0 Å². The lowest BCUT2D eigenvalue weighted by atomic mass is 10.1. The summed E-state index contributed by atoms with van der Waals surface area (Å²) in [5.74, 6) is 0.192. The van der Waals surface area contributed by atoms with E-state index in [9.17, 15) is 14.2 Å². The van der Waals surface area contributed by atoms with E-state index in [2.05, 4.69) is 10.6 Å². The number of rotatable bonds is 9. The van der Waals surface area contributed by atoms with Gasteiger partial charge in [-0.25, -0.2) is 9.78 Å². The SMILES string of the molecule is Cc1oc([C@H](Cc2ccccc2)NC(=O)CNC(=O)OC(C)(C)C)nc1P(=O)(c1ccccc1)c1ccccc1. The summed E-state index contributed by atoms with van der Waals surface area (Å²) in [6, 6.07) is 27.3. The maximum atomic E-state index is 14.9. The average molecular weight is 560 g/mol. The second kappa shape index (κ2) is 12.3. The van der Waals surface area contributed by atoms with Crippen LogP contribution in [0.1, 0.15) is 44.0 Å². The molecule has 0 aliphatic heterocycles. The third-order valence-electron chi connectivity index (χ3n) is 6.03. The number of carbonyl (C=O) groups is 2. The molecule has 0 spiro atoms. The van der Waals surface area contributed by atoms with Crippen LogP contribution in [-0.4, -0.2) is 29.1 Å². The highest BCUT2D eigenvalue weighted by Crippen LogP contribution is 2.43. The number of hydrogen-bond acceptors (Lipinski definition) is 6. The lowest BCUT2D eigenvalue weighted by Crippen LogP contribution is -2.41. The lowest BCUT2D eigenvalue weighted by molar-refractivity contribution is -0.121. The van der Waals surface area contributed by atoms with Gasteiger partial charge < -0.3 is 24.4 Å². The number of amides is 2. The van der Waals surface area contributed by atoms with Crippen molar-refractivity contribution >= 4 is 35.2 Å². The summed E-state index contributed by atoms with van der Waals surface area (Å²) in [5, 5.41) is 6.66. The highest BCUT2D eigenvalue weighted by molar-refractivity contribution is 7.85. The quantitative estimate of drug-likeness (QED) is 0.291. The molecule has 4 rings (SSSR count). The van der Waals surface area contributed by atoms with Crippen LogP contribution < -0.4 is 26.7 Å². The number of alkyl carbamates (subject to hydrolysis) is 1. The van der Waals surface area contributed by atoms with Crippen molar-refractivity contribution in [3.05, 3.63) is 108 Å². The van der Waals surface area contributed by atoms with E-state index in [0.29, 0.717) is 28.2 Å². The molecule has 0 fully saturated rings. The molecule has 4 aromatic rings. The van der Waals surface area contributed by atoms with Crippen LogP contribution in [0.5, 0.6) is 0 Å². The summed E-state index contributed by atoms with van der Waals surface area (Å²) >= 11 is 0. The fraction of sp³-hybridized carbons (Fsp3) is 0.258. The molecule has 0 saturated heterocycles. The standard InChI is InChI=1S/C31H34N3O5P/c1-22-29(40(37,24-16-10-6-11-17-24)25-18-12-7-13-19-25)34-28(38-22)26(20-23-14-8-5-9-15-23)33-27(35)21-32-30(36)39-31(2,3)4/h5-19,26H,20-21H2,1-4H3,(H,32,36)(H,33,35)/t26-/m0/s1. The van der Waals surface area contributed by atoms with Gasteiger partial charge in [0.25, 0.3) is 0 Å². The molecule has 0 unspecified atom stereocenters. The number of aromatic nitrogens is 1. The first-order valence-electron chi connectivity index (χ1n) is 13.1. The van der Waals surface area contributed by atoms with Crippen molar-refractivity contribution in [3.63, 3.8) is 0 Å². The third-order valence-corrected chi connectivity index (χ3v) is 9.10. The Kier molecular flexibility index (Phi) is 8.90. The minimum absolute atomic E-state index is 0.231. The van der Waals surface area contributed by atoms with E-state index >= 15 is 0 Å². The Balaban J connectivity index is 1.67. The number of oxazole rings is 1. The van der Waals surface area contributed by atoms with Crippen LogP contribution in [0.25, 0.3) is 0 Å². The zero-order chi connectivity index (χ0) is 28.8. The van der Waals surface area contributed by atoms with Gasteiger partial charge in [-0.3, -0.25) is 4.79 Å². The largest absolute Gasteiger partial charge is 0.444 e. The Morgan fingerprint density at radius 3 is 1.95 bits per heavy atom. The Morgan fingerprint density at radius 1 is 0.900 bits per heavy atom. The zero-order valence-corrected chi connectivity index (χ0v) is 24.0. The van der Waals surface area contributed by atoms with Gasteiger partial charge in [-0.05, 0) is 33.3 Å². The number of hydrogen-bond donors (Lipinski definition) is 2. The average Bonchev–Trinajstić information content (AvgIpc) is 3.33. The normalized spacial score (nSPS) is 12.4. The van der Waals surface area contributed by atoms with Crippen LogP contribution in [0.3, 0.4) is 0 Å². The van der Waals surface area contributed by atoms with E-state index in [4.69, 9.17) is 14.1 Å². The van der Waals surface area contributed by atoms with E-state index < -0.39 is 30.8 Å².